The second-order valence-corrected chi connectivity index (χ2v) is 5.40. The summed E-state index contributed by atoms with van der Waals surface area (Å²) in [7, 11) is 1.31. The summed E-state index contributed by atoms with van der Waals surface area (Å²) >= 11 is 1.10. The number of nitrogens with one attached hydrogen (secondary N) is 1. The maximum atomic E-state index is 11.8. The molecule has 0 bridgehead atoms. The van der Waals surface area contributed by atoms with Crippen molar-refractivity contribution in [1.29, 1.82) is 0 Å². The Morgan fingerprint density at radius 1 is 1.45 bits per heavy atom. The van der Waals surface area contributed by atoms with Crippen LogP contribution in [0.3, 0.4) is 0 Å². The van der Waals surface area contributed by atoms with Crippen LogP contribution in [0.25, 0.3) is 0 Å². The number of anilines is 1. The van der Waals surface area contributed by atoms with Crippen LogP contribution in [0.15, 0.2) is 0 Å². The third-order valence-electron chi connectivity index (χ3n) is 2.65. The fourth-order valence-corrected chi connectivity index (χ4v) is 2.36. The van der Waals surface area contributed by atoms with E-state index in [1.807, 2.05) is 20.8 Å². The molecule has 1 aromatic heterocycles. The first-order valence-electron chi connectivity index (χ1n) is 6.05. The predicted molar refractivity (Wildman–Crippen MR) is 81.5 cm³/mol. The SMILES string of the molecule is CCc1nc(NC(=O)[C@@H](N)C(C)C)sc1C(=O)OC.Cl. The van der Waals surface area contributed by atoms with Crippen LogP contribution in [0, 0.1) is 5.92 Å². The van der Waals surface area contributed by atoms with E-state index in [0.717, 1.165) is 11.3 Å². The van der Waals surface area contributed by atoms with Crippen LogP contribution < -0.4 is 11.1 Å². The van der Waals surface area contributed by atoms with Crippen molar-refractivity contribution in [2.24, 2.45) is 11.7 Å². The minimum absolute atomic E-state index is 0. The Morgan fingerprint density at radius 2 is 2.05 bits per heavy atom. The highest BCUT2D eigenvalue weighted by Crippen LogP contribution is 2.24. The van der Waals surface area contributed by atoms with Crippen molar-refractivity contribution in [3.63, 3.8) is 0 Å². The zero-order valence-corrected chi connectivity index (χ0v) is 13.6. The molecule has 0 saturated heterocycles. The molecule has 0 saturated carbocycles. The minimum Gasteiger partial charge on any atom is -0.465 e. The van der Waals surface area contributed by atoms with Crippen molar-refractivity contribution in [3.05, 3.63) is 10.6 Å². The smallest absolute Gasteiger partial charge is 0.350 e. The molecular weight excluding hydrogens is 302 g/mol. The third-order valence-corrected chi connectivity index (χ3v) is 3.65. The molecule has 8 heteroatoms. The van der Waals surface area contributed by atoms with E-state index in [1.165, 1.54) is 7.11 Å². The number of hydrogen-bond donors (Lipinski definition) is 2. The highest BCUT2D eigenvalue weighted by molar-refractivity contribution is 7.17. The van der Waals surface area contributed by atoms with Gasteiger partial charge in [0.25, 0.3) is 0 Å². The Labute approximate surface area is 128 Å². The second kappa shape index (κ2) is 8.18. The first-order valence-corrected chi connectivity index (χ1v) is 6.86. The van der Waals surface area contributed by atoms with Crippen LogP contribution in [-0.4, -0.2) is 30.0 Å². The lowest BCUT2D eigenvalue weighted by molar-refractivity contribution is -0.118. The van der Waals surface area contributed by atoms with Crippen molar-refractivity contribution in [1.82, 2.24) is 4.98 Å². The van der Waals surface area contributed by atoms with Crippen LogP contribution >= 0.6 is 23.7 Å². The Bertz CT molecular complexity index is 477. The van der Waals surface area contributed by atoms with Gasteiger partial charge in [-0.15, -0.1) is 12.4 Å². The lowest BCUT2D eigenvalue weighted by atomic mass is 10.1. The predicted octanol–water partition coefficient (Wildman–Crippen LogP) is 1.84. The van der Waals surface area contributed by atoms with Gasteiger partial charge in [0.2, 0.25) is 5.91 Å². The van der Waals surface area contributed by atoms with E-state index in [1.54, 1.807) is 0 Å². The lowest BCUT2D eigenvalue weighted by Gasteiger charge is -2.13. The zero-order valence-electron chi connectivity index (χ0n) is 11.9. The number of ether oxygens (including phenoxy) is 1. The Hall–Kier alpha value is -1.18. The van der Waals surface area contributed by atoms with E-state index in [4.69, 9.17) is 5.73 Å². The van der Waals surface area contributed by atoms with Crippen LogP contribution in [0.5, 0.6) is 0 Å². The number of carbonyl (C=O) groups excluding carboxylic acids is 2. The number of rotatable bonds is 5. The van der Waals surface area contributed by atoms with Gasteiger partial charge in [-0.3, -0.25) is 4.79 Å². The highest BCUT2D eigenvalue weighted by Gasteiger charge is 2.21. The number of nitrogens with zero attached hydrogens (tertiary/aromatic N) is 1. The highest BCUT2D eigenvalue weighted by atomic mass is 35.5. The third kappa shape index (κ3) is 4.43. The molecule has 1 atom stereocenters. The Kier molecular flexibility index (Phi) is 7.70. The Morgan fingerprint density at radius 3 is 2.50 bits per heavy atom. The number of carbonyl (C=O) groups is 2. The van der Waals surface area contributed by atoms with E-state index in [0.29, 0.717) is 22.1 Å². The second-order valence-electron chi connectivity index (χ2n) is 4.40. The van der Waals surface area contributed by atoms with Gasteiger partial charge in [-0.1, -0.05) is 32.1 Å². The van der Waals surface area contributed by atoms with Gasteiger partial charge in [-0.25, -0.2) is 9.78 Å². The fraction of sp³-hybridized carbons (Fsp3) is 0.583. The number of amides is 1. The molecule has 1 rings (SSSR count). The molecule has 0 aromatic carbocycles. The van der Waals surface area contributed by atoms with Crippen LogP contribution in [0.4, 0.5) is 5.13 Å². The molecule has 0 unspecified atom stereocenters. The van der Waals surface area contributed by atoms with Gasteiger partial charge in [0.1, 0.15) is 4.88 Å². The van der Waals surface area contributed by atoms with Gasteiger partial charge < -0.3 is 15.8 Å². The quantitative estimate of drug-likeness (QED) is 0.807. The zero-order chi connectivity index (χ0) is 14.6. The summed E-state index contributed by atoms with van der Waals surface area (Å²) in [6.45, 7) is 5.61. The van der Waals surface area contributed by atoms with Gasteiger partial charge in [0.05, 0.1) is 18.8 Å². The number of esters is 1. The number of halogens is 1. The average molecular weight is 322 g/mol. The van der Waals surface area contributed by atoms with Crippen molar-refractivity contribution in [2.75, 3.05) is 12.4 Å². The molecule has 0 spiro atoms. The molecule has 0 aliphatic heterocycles. The summed E-state index contributed by atoms with van der Waals surface area (Å²) < 4.78 is 4.68. The van der Waals surface area contributed by atoms with E-state index in [-0.39, 0.29) is 24.2 Å². The van der Waals surface area contributed by atoms with Crippen LogP contribution in [0.2, 0.25) is 0 Å². The molecule has 0 radical (unpaired) electrons. The molecular formula is C12H20ClN3O3S. The molecule has 1 heterocycles. The monoisotopic (exact) mass is 321 g/mol. The molecule has 3 N–H and O–H groups in total. The van der Waals surface area contributed by atoms with E-state index >= 15 is 0 Å². The molecule has 0 aliphatic carbocycles. The molecule has 114 valence electrons. The number of hydrogen-bond acceptors (Lipinski definition) is 6. The fourth-order valence-electron chi connectivity index (χ4n) is 1.39. The van der Waals surface area contributed by atoms with Crippen molar-refractivity contribution in [3.8, 4) is 0 Å². The molecule has 1 aromatic rings. The largest absolute Gasteiger partial charge is 0.465 e. The molecule has 0 fully saturated rings. The topological polar surface area (TPSA) is 94.3 Å². The summed E-state index contributed by atoms with van der Waals surface area (Å²) in [4.78, 5) is 28.0. The van der Waals surface area contributed by atoms with Gasteiger partial charge in [-0.2, -0.15) is 0 Å². The molecule has 1 amide bonds. The lowest BCUT2D eigenvalue weighted by Crippen LogP contribution is -2.39. The van der Waals surface area contributed by atoms with E-state index in [9.17, 15) is 9.59 Å². The summed E-state index contributed by atoms with van der Waals surface area (Å²) in [6.07, 6.45) is 0.590. The number of nitrogens with two attached hydrogens (primary N) is 1. The first-order chi connectivity index (χ1) is 8.90. The van der Waals surface area contributed by atoms with E-state index < -0.39 is 12.0 Å². The number of thiazole rings is 1. The normalized spacial score (nSPS) is 11.7. The van der Waals surface area contributed by atoms with Crippen molar-refractivity contribution in [2.45, 2.75) is 33.2 Å². The molecule has 6 nitrogen and oxygen atoms in total. The number of methoxy groups -OCH3 is 1. The molecule has 0 aliphatic rings. The molecule has 20 heavy (non-hydrogen) atoms. The standard InChI is InChI=1S/C12H19N3O3S.ClH/c1-5-7-9(11(17)18-4)19-12(14-7)15-10(16)8(13)6(2)3;/h6,8H,5,13H2,1-4H3,(H,14,15,16);1H/t8-;/m0./s1. The summed E-state index contributed by atoms with van der Waals surface area (Å²) in [5.41, 5.74) is 6.36. The number of aryl methyl sites for hydroxylation is 1. The number of aromatic nitrogens is 1. The van der Waals surface area contributed by atoms with E-state index in [2.05, 4.69) is 15.0 Å². The van der Waals surface area contributed by atoms with Crippen molar-refractivity contribution >= 4 is 40.8 Å². The summed E-state index contributed by atoms with van der Waals surface area (Å²) in [5, 5.41) is 3.01. The summed E-state index contributed by atoms with van der Waals surface area (Å²) in [5.74, 6) is -0.712. The maximum absolute atomic E-state index is 11.8. The van der Waals surface area contributed by atoms with Gasteiger partial charge >= 0.3 is 5.97 Å². The van der Waals surface area contributed by atoms with Gasteiger partial charge in [0, 0.05) is 0 Å². The van der Waals surface area contributed by atoms with Crippen LogP contribution in [0.1, 0.15) is 36.1 Å². The average Bonchev–Trinajstić information content (AvgIpc) is 2.79. The minimum atomic E-state index is -0.601. The van der Waals surface area contributed by atoms with Crippen molar-refractivity contribution < 1.29 is 14.3 Å². The van der Waals surface area contributed by atoms with Gasteiger partial charge in [-0.05, 0) is 12.3 Å². The summed E-state index contributed by atoms with van der Waals surface area (Å²) in [6, 6.07) is -0.601. The maximum Gasteiger partial charge on any atom is 0.350 e. The first kappa shape index (κ1) is 18.8. The Balaban J connectivity index is 0.00000361. The van der Waals surface area contributed by atoms with Crippen LogP contribution in [-0.2, 0) is 16.0 Å². The van der Waals surface area contributed by atoms with Gasteiger partial charge in [0.15, 0.2) is 5.13 Å².